The number of hydrogen-bond donors (Lipinski definition) is 1. The number of amides is 1. The highest BCUT2D eigenvalue weighted by Crippen LogP contribution is 2.27. The summed E-state index contributed by atoms with van der Waals surface area (Å²) in [7, 11) is 0. The molecule has 2 rings (SSSR count). The van der Waals surface area contributed by atoms with Gasteiger partial charge in [0.15, 0.2) is 0 Å². The topological polar surface area (TPSA) is 51.2 Å². The molecule has 1 unspecified atom stereocenters. The van der Waals surface area contributed by atoms with Gasteiger partial charge >= 0.3 is 6.09 Å². The summed E-state index contributed by atoms with van der Waals surface area (Å²) in [6.45, 7) is 4.08. The Morgan fingerprint density at radius 3 is 2.74 bits per heavy atom. The summed E-state index contributed by atoms with van der Waals surface area (Å²) in [5.41, 5.74) is 3.73. The Balaban J connectivity index is 2.29. The summed E-state index contributed by atoms with van der Waals surface area (Å²) in [6.07, 6.45) is -0.413. The average molecular weight is 276 g/mol. The van der Waals surface area contributed by atoms with Crippen LogP contribution in [0.3, 0.4) is 0 Å². The molecule has 5 heteroatoms. The molecule has 0 spiro atoms. The van der Waals surface area contributed by atoms with Crippen molar-refractivity contribution in [3.05, 3.63) is 52.0 Å². The van der Waals surface area contributed by atoms with E-state index in [4.69, 9.17) is 4.74 Å². The van der Waals surface area contributed by atoms with E-state index in [2.05, 4.69) is 10.3 Å². The standard InChI is InChI=1S/C14H16N2O2S/c1-3-18-14(17)16-12(11-7-5-4-6-8-11)13-10(2)15-9-19-13/h4-9,12H,3H2,1-2H3,(H,16,17). The predicted molar refractivity (Wildman–Crippen MR) is 75.3 cm³/mol. The van der Waals surface area contributed by atoms with Crippen LogP contribution in [0.5, 0.6) is 0 Å². The highest BCUT2D eigenvalue weighted by atomic mass is 32.1. The number of nitrogens with zero attached hydrogens (tertiary/aromatic N) is 1. The van der Waals surface area contributed by atoms with Crippen molar-refractivity contribution in [2.24, 2.45) is 0 Å². The molecular formula is C14H16N2O2S. The molecule has 1 amide bonds. The number of hydrogen-bond acceptors (Lipinski definition) is 4. The number of thiazole rings is 1. The number of rotatable bonds is 4. The van der Waals surface area contributed by atoms with Crippen LogP contribution >= 0.6 is 11.3 Å². The maximum absolute atomic E-state index is 11.7. The molecule has 0 fully saturated rings. The lowest BCUT2D eigenvalue weighted by atomic mass is 10.0. The normalized spacial score (nSPS) is 11.9. The number of carbonyl (C=O) groups excluding carboxylic acids is 1. The lowest BCUT2D eigenvalue weighted by molar-refractivity contribution is 0.150. The first-order valence-corrected chi connectivity index (χ1v) is 6.98. The van der Waals surface area contributed by atoms with E-state index < -0.39 is 6.09 Å². The quantitative estimate of drug-likeness (QED) is 0.932. The third-order valence-electron chi connectivity index (χ3n) is 2.72. The Kier molecular flexibility index (Phi) is 4.52. The molecule has 2 aromatic rings. The van der Waals surface area contributed by atoms with E-state index in [0.29, 0.717) is 6.61 Å². The molecule has 0 aliphatic carbocycles. The fourth-order valence-corrected chi connectivity index (χ4v) is 2.70. The summed E-state index contributed by atoms with van der Waals surface area (Å²) in [5, 5.41) is 2.89. The van der Waals surface area contributed by atoms with Crippen LogP contribution in [0.2, 0.25) is 0 Å². The predicted octanol–water partition coefficient (Wildman–Crippen LogP) is 3.29. The summed E-state index contributed by atoms with van der Waals surface area (Å²) in [6, 6.07) is 9.60. The number of carbonyl (C=O) groups is 1. The third kappa shape index (κ3) is 3.32. The van der Waals surface area contributed by atoms with Crippen LogP contribution in [-0.4, -0.2) is 17.7 Å². The van der Waals surface area contributed by atoms with E-state index in [-0.39, 0.29) is 6.04 Å². The van der Waals surface area contributed by atoms with Gasteiger partial charge in [-0.15, -0.1) is 11.3 Å². The van der Waals surface area contributed by atoms with Gasteiger partial charge in [-0.05, 0) is 19.4 Å². The SMILES string of the molecule is CCOC(=O)NC(c1ccccc1)c1scnc1C. The van der Waals surface area contributed by atoms with Gasteiger partial charge in [0, 0.05) is 0 Å². The zero-order valence-electron chi connectivity index (χ0n) is 10.9. The Morgan fingerprint density at radius 2 is 2.16 bits per heavy atom. The Hall–Kier alpha value is -1.88. The van der Waals surface area contributed by atoms with Crippen molar-refractivity contribution < 1.29 is 9.53 Å². The Bertz CT molecular complexity index is 539. The number of nitrogens with one attached hydrogen (secondary N) is 1. The largest absolute Gasteiger partial charge is 0.450 e. The van der Waals surface area contributed by atoms with E-state index in [1.807, 2.05) is 37.3 Å². The third-order valence-corrected chi connectivity index (χ3v) is 3.71. The number of ether oxygens (including phenoxy) is 1. The number of aromatic nitrogens is 1. The molecule has 0 radical (unpaired) electrons. The minimum Gasteiger partial charge on any atom is -0.450 e. The summed E-state index contributed by atoms with van der Waals surface area (Å²) in [4.78, 5) is 17.0. The molecule has 100 valence electrons. The minimum atomic E-state index is -0.413. The van der Waals surface area contributed by atoms with Crippen LogP contribution in [-0.2, 0) is 4.74 Å². The first-order valence-electron chi connectivity index (χ1n) is 6.10. The first-order chi connectivity index (χ1) is 9.22. The average Bonchev–Trinajstić information content (AvgIpc) is 2.83. The van der Waals surface area contributed by atoms with Crippen molar-refractivity contribution in [1.82, 2.24) is 10.3 Å². The van der Waals surface area contributed by atoms with Gasteiger partial charge in [-0.25, -0.2) is 9.78 Å². The van der Waals surface area contributed by atoms with Crippen LogP contribution in [0.15, 0.2) is 35.8 Å². The van der Waals surface area contributed by atoms with Crippen molar-refractivity contribution in [3.8, 4) is 0 Å². The molecule has 1 aromatic heterocycles. The smallest absolute Gasteiger partial charge is 0.407 e. The fraction of sp³-hybridized carbons (Fsp3) is 0.286. The van der Waals surface area contributed by atoms with Crippen LogP contribution in [0.25, 0.3) is 0 Å². The van der Waals surface area contributed by atoms with Crippen molar-refractivity contribution in [3.63, 3.8) is 0 Å². The van der Waals surface area contributed by atoms with Crippen LogP contribution in [0, 0.1) is 6.92 Å². The summed E-state index contributed by atoms with van der Waals surface area (Å²) >= 11 is 1.53. The van der Waals surface area contributed by atoms with Gasteiger partial charge in [0.2, 0.25) is 0 Å². The van der Waals surface area contributed by atoms with Gasteiger partial charge in [-0.2, -0.15) is 0 Å². The van der Waals surface area contributed by atoms with E-state index in [1.54, 1.807) is 12.4 Å². The van der Waals surface area contributed by atoms with Gasteiger partial charge in [0.05, 0.1) is 28.7 Å². The molecular weight excluding hydrogens is 260 g/mol. The van der Waals surface area contributed by atoms with Crippen molar-refractivity contribution >= 4 is 17.4 Å². The van der Waals surface area contributed by atoms with Crippen LogP contribution in [0.4, 0.5) is 4.79 Å². The molecule has 0 saturated heterocycles. The monoisotopic (exact) mass is 276 g/mol. The van der Waals surface area contributed by atoms with Gasteiger partial charge < -0.3 is 10.1 Å². The highest BCUT2D eigenvalue weighted by molar-refractivity contribution is 7.09. The van der Waals surface area contributed by atoms with Gasteiger partial charge in [0.25, 0.3) is 0 Å². The number of benzene rings is 1. The zero-order valence-corrected chi connectivity index (χ0v) is 11.7. The van der Waals surface area contributed by atoms with Crippen molar-refractivity contribution in [2.75, 3.05) is 6.61 Å². The molecule has 4 nitrogen and oxygen atoms in total. The molecule has 1 atom stereocenters. The second kappa shape index (κ2) is 6.33. The van der Waals surface area contributed by atoms with E-state index in [0.717, 1.165) is 16.1 Å². The molecule has 0 aliphatic rings. The molecule has 1 N–H and O–H groups in total. The van der Waals surface area contributed by atoms with Gasteiger partial charge in [-0.1, -0.05) is 30.3 Å². The van der Waals surface area contributed by atoms with Gasteiger partial charge in [0.1, 0.15) is 0 Å². The molecule has 1 heterocycles. The Morgan fingerprint density at radius 1 is 1.42 bits per heavy atom. The minimum absolute atomic E-state index is 0.215. The molecule has 0 bridgehead atoms. The number of aryl methyl sites for hydroxylation is 1. The molecule has 0 saturated carbocycles. The molecule has 1 aromatic carbocycles. The first kappa shape index (κ1) is 13.5. The van der Waals surface area contributed by atoms with E-state index in [9.17, 15) is 4.79 Å². The molecule has 19 heavy (non-hydrogen) atoms. The van der Waals surface area contributed by atoms with Crippen LogP contribution in [0.1, 0.15) is 29.1 Å². The summed E-state index contributed by atoms with van der Waals surface area (Å²) in [5.74, 6) is 0. The Labute approximate surface area is 116 Å². The molecule has 0 aliphatic heterocycles. The van der Waals surface area contributed by atoms with E-state index in [1.165, 1.54) is 11.3 Å². The zero-order chi connectivity index (χ0) is 13.7. The van der Waals surface area contributed by atoms with E-state index >= 15 is 0 Å². The fourth-order valence-electron chi connectivity index (χ4n) is 1.82. The summed E-state index contributed by atoms with van der Waals surface area (Å²) < 4.78 is 4.97. The second-order valence-electron chi connectivity index (χ2n) is 4.01. The maximum Gasteiger partial charge on any atom is 0.407 e. The number of alkyl carbamates (subject to hydrolysis) is 1. The van der Waals surface area contributed by atoms with Gasteiger partial charge in [-0.3, -0.25) is 0 Å². The maximum atomic E-state index is 11.7. The highest BCUT2D eigenvalue weighted by Gasteiger charge is 2.20. The van der Waals surface area contributed by atoms with Crippen molar-refractivity contribution in [2.45, 2.75) is 19.9 Å². The lowest BCUT2D eigenvalue weighted by Gasteiger charge is -2.18. The second-order valence-corrected chi connectivity index (χ2v) is 4.90. The van der Waals surface area contributed by atoms with Crippen LogP contribution < -0.4 is 5.32 Å². The lowest BCUT2D eigenvalue weighted by Crippen LogP contribution is -2.29. The van der Waals surface area contributed by atoms with Crippen molar-refractivity contribution in [1.29, 1.82) is 0 Å².